The van der Waals surface area contributed by atoms with Crippen LogP contribution in [-0.4, -0.2) is 20.5 Å². The van der Waals surface area contributed by atoms with Crippen LogP contribution < -0.4 is 11.3 Å². The highest BCUT2D eigenvalue weighted by atomic mass is 16.4. The maximum atomic E-state index is 11.5. The Kier molecular flexibility index (Phi) is 1.89. The first-order chi connectivity index (χ1) is 7.11. The lowest BCUT2D eigenvalue weighted by atomic mass is 10.2. The number of aromatic carboxylic acids is 1. The van der Waals surface area contributed by atoms with Gasteiger partial charge in [0.2, 0.25) is 0 Å². The summed E-state index contributed by atoms with van der Waals surface area (Å²) in [4.78, 5) is 26.2. The number of pyridine rings is 1. The summed E-state index contributed by atoms with van der Waals surface area (Å²) in [5.74, 6) is -1.13. The van der Waals surface area contributed by atoms with E-state index in [1.54, 1.807) is 0 Å². The van der Waals surface area contributed by atoms with Crippen molar-refractivity contribution >= 4 is 17.3 Å². The number of nitrogens with two attached hydrogens (primary N) is 1. The molecule has 0 fully saturated rings. The van der Waals surface area contributed by atoms with Crippen LogP contribution in [-0.2, 0) is 0 Å². The van der Waals surface area contributed by atoms with Crippen molar-refractivity contribution in [1.82, 2.24) is 9.38 Å². The van der Waals surface area contributed by atoms with Crippen LogP contribution in [0.2, 0.25) is 0 Å². The maximum absolute atomic E-state index is 11.5. The predicted molar refractivity (Wildman–Crippen MR) is 52.8 cm³/mol. The molecule has 0 aliphatic heterocycles. The van der Waals surface area contributed by atoms with Crippen LogP contribution >= 0.6 is 0 Å². The van der Waals surface area contributed by atoms with Crippen molar-refractivity contribution < 1.29 is 9.90 Å². The molecule has 0 aliphatic rings. The normalized spacial score (nSPS) is 10.4. The lowest BCUT2D eigenvalue weighted by molar-refractivity contribution is 0.0698. The van der Waals surface area contributed by atoms with Crippen LogP contribution in [0.1, 0.15) is 10.4 Å². The van der Waals surface area contributed by atoms with E-state index < -0.39 is 11.5 Å². The topological polar surface area (TPSA) is 97.7 Å². The van der Waals surface area contributed by atoms with Crippen molar-refractivity contribution in [2.24, 2.45) is 0 Å². The third-order valence-electron chi connectivity index (χ3n) is 1.99. The van der Waals surface area contributed by atoms with E-state index in [-0.39, 0.29) is 16.9 Å². The number of aromatic nitrogens is 2. The van der Waals surface area contributed by atoms with E-state index >= 15 is 0 Å². The Balaban J connectivity index is 2.96. The summed E-state index contributed by atoms with van der Waals surface area (Å²) in [5.41, 5.74) is 4.94. The quantitative estimate of drug-likeness (QED) is 0.681. The number of fused-ring (bicyclic) bond motifs is 1. The van der Waals surface area contributed by atoms with E-state index in [1.165, 1.54) is 18.3 Å². The van der Waals surface area contributed by atoms with E-state index in [4.69, 9.17) is 10.8 Å². The fraction of sp³-hybridized carbons (Fsp3) is 0. The van der Waals surface area contributed by atoms with Crippen LogP contribution in [0.5, 0.6) is 0 Å². The molecule has 76 valence electrons. The Hall–Kier alpha value is -2.37. The first-order valence-corrected chi connectivity index (χ1v) is 4.10. The minimum Gasteiger partial charge on any atom is -0.478 e. The first kappa shape index (κ1) is 9.20. The van der Waals surface area contributed by atoms with Gasteiger partial charge in [-0.15, -0.1) is 0 Å². The van der Waals surface area contributed by atoms with Gasteiger partial charge in [0.1, 0.15) is 11.3 Å². The molecule has 6 nitrogen and oxygen atoms in total. The number of nitrogens with zero attached hydrogens (tertiary/aromatic N) is 2. The number of carboxylic acid groups (broad SMARTS) is 1. The van der Waals surface area contributed by atoms with Crippen molar-refractivity contribution in [3.8, 4) is 0 Å². The number of hydrogen-bond donors (Lipinski definition) is 2. The summed E-state index contributed by atoms with van der Waals surface area (Å²) >= 11 is 0. The van der Waals surface area contributed by atoms with Gasteiger partial charge in [0.25, 0.3) is 5.56 Å². The fourth-order valence-electron chi connectivity index (χ4n) is 1.29. The molecule has 0 radical (unpaired) electrons. The second-order valence-corrected chi connectivity index (χ2v) is 2.94. The molecule has 6 heteroatoms. The van der Waals surface area contributed by atoms with Crippen molar-refractivity contribution in [3.05, 3.63) is 40.4 Å². The van der Waals surface area contributed by atoms with E-state index in [9.17, 15) is 9.59 Å². The van der Waals surface area contributed by atoms with Gasteiger partial charge in [0.05, 0.1) is 6.20 Å². The SMILES string of the molecule is Nc1cnc2c(C(=O)O)cccn2c1=O. The highest BCUT2D eigenvalue weighted by Crippen LogP contribution is 2.06. The molecule has 2 heterocycles. The van der Waals surface area contributed by atoms with Gasteiger partial charge in [0, 0.05) is 6.20 Å². The third-order valence-corrected chi connectivity index (χ3v) is 1.99. The lowest BCUT2D eigenvalue weighted by Crippen LogP contribution is -2.19. The number of carbonyl (C=O) groups is 1. The molecule has 0 aromatic carbocycles. The van der Waals surface area contributed by atoms with E-state index in [2.05, 4.69) is 4.98 Å². The number of nitrogen functional groups attached to an aromatic ring is 1. The van der Waals surface area contributed by atoms with E-state index in [1.807, 2.05) is 0 Å². The predicted octanol–water partition coefficient (Wildman–Crippen LogP) is -0.0251. The molecular formula is C9H7N3O3. The fourth-order valence-corrected chi connectivity index (χ4v) is 1.29. The average molecular weight is 205 g/mol. The monoisotopic (exact) mass is 205 g/mol. The zero-order chi connectivity index (χ0) is 11.0. The van der Waals surface area contributed by atoms with Crippen molar-refractivity contribution in [2.75, 3.05) is 5.73 Å². The number of carboxylic acids is 1. The molecule has 0 saturated heterocycles. The Labute approximate surface area is 83.6 Å². The van der Waals surface area contributed by atoms with Crippen molar-refractivity contribution in [1.29, 1.82) is 0 Å². The molecule has 0 atom stereocenters. The second-order valence-electron chi connectivity index (χ2n) is 2.94. The van der Waals surface area contributed by atoms with Crippen LogP contribution in [0.25, 0.3) is 5.65 Å². The van der Waals surface area contributed by atoms with E-state index in [0.29, 0.717) is 0 Å². The van der Waals surface area contributed by atoms with Gasteiger partial charge in [-0.25, -0.2) is 9.78 Å². The van der Waals surface area contributed by atoms with Crippen LogP contribution in [0.4, 0.5) is 5.69 Å². The third kappa shape index (κ3) is 1.32. The van der Waals surface area contributed by atoms with Crippen molar-refractivity contribution in [3.63, 3.8) is 0 Å². The molecule has 15 heavy (non-hydrogen) atoms. The second kappa shape index (κ2) is 3.09. The number of hydrogen-bond acceptors (Lipinski definition) is 4. The number of rotatable bonds is 1. The van der Waals surface area contributed by atoms with Gasteiger partial charge in [0.15, 0.2) is 5.65 Å². The lowest BCUT2D eigenvalue weighted by Gasteiger charge is -2.03. The molecule has 2 aromatic rings. The summed E-state index contributed by atoms with van der Waals surface area (Å²) in [6.45, 7) is 0. The molecule has 0 bridgehead atoms. The van der Waals surface area contributed by atoms with Gasteiger partial charge in [-0.2, -0.15) is 0 Å². The van der Waals surface area contributed by atoms with E-state index in [0.717, 1.165) is 10.6 Å². The molecule has 0 spiro atoms. The van der Waals surface area contributed by atoms with Crippen LogP contribution in [0, 0.1) is 0 Å². The minimum absolute atomic E-state index is 0.0185. The Morgan fingerprint density at radius 2 is 2.27 bits per heavy atom. The molecule has 0 unspecified atom stereocenters. The molecule has 0 amide bonds. The minimum atomic E-state index is -1.13. The highest BCUT2D eigenvalue weighted by molar-refractivity contribution is 5.94. The molecule has 0 saturated carbocycles. The Morgan fingerprint density at radius 1 is 1.53 bits per heavy atom. The molecule has 0 aliphatic carbocycles. The first-order valence-electron chi connectivity index (χ1n) is 4.10. The molecule has 2 aromatic heterocycles. The zero-order valence-electron chi connectivity index (χ0n) is 7.54. The highest BCUT2D eigenvalue weighted by Gasteiger charge is 2.10. The standard InChI is InChI=1S/C9H7N3O3/c10-6-4-11-7-5(9(14)15)2-1-3-12(7)8(6)13/h1-4H,10H2,(H,14,15). The molecular weight excluding hydrogens is 198 g/mol. The summed E-state index contributed by atoms with van der Waals surface area (Å²) in [7, 11) is 0. The molecule has 2 rings (SSSR count). The largest absolute Gasteiger partial charge is 0.478 e. The van der Waals surface area contributed by atoms with Gasteiger partial charge < -0.3 is 10.8 Å². The van der Waals surface area contributed by atoms with Gasteiger partial charge in [-0.3, -0.25) is 9.20 Å². The average Bonchev–Trinajstić information content (AvgIpc) is 2.23. The van der Waals surface area contributed by atoms with Crippen molar-refractivity contribution in [2.45, 2.75) is 0 Å². The van der Waals surface area contributed by atoms with Crippen LogP contribution in [0.15, 0.2) is 29.3 Å². The zero-order valence-corrected chi connectivity index (χ0v) is 7.54. The number of anilines is 1. The van der Waals surface area contributed by atoms with Gasteiger partial charge >= 0.3 is 5.97 Å². The Morgan fingerprint density at radius 3 is 2.93 bits per heavy atom. The smallest absolute Gasteiger partial charge is 0.339 e. The van der Waals surface area contributed by atoms with Gasteiger partial charge in [-0.1, -0.05) is 0 Å². The summed E-state index contributed by atoms with van der Waals surface area (Å²) in [6.07, 6.45) is 2.58. The molecule has 3 N–H and O–H groups in total. The summed E-state index contributed by atoms with van der Waals surface area (Å²) in [6, 6.07) is 2.83. The van der Waals surface area contributed by atoms with Crippen LogP contribution in [0.3, 0.4) is 0 Å². The van der Waals surface area contributed by atoms with Gasteiger partial charge in [-0.05, 0) is 12.1 Å². The maximum Gasteiger partial charge on any atom is 0.339 e. The summed E-state index contributed by atoms with van der Waals surface area (Å²) in [5, 5.41) is 8.86. The summed E-state index contributed by atoms with van der Waals surface area (Å²) < 4.78 is 1.11. The Bertz CT molecular complexity index is 603.